The van der Waals surface area contributed by atoms with Gasteiger partial charge in [0.15, 0.2) is 0 Å². The molecule has 106 valence electrons. The fraction of sp³-hybridized carbons (Fsp3) is 0.250. The minimum absolute atomic E-state index is 0.262. The summed E-state index contributed by atoms with van der Waals surface area (Å²) < 4.78 is 0. The molecule has 0 aromatic heterocycles. The van der Waals surface area contributed by atoms with E-state index in [1.807, 2.05) is 30.3 Å². The van der Waals surface area contributed by atoms with Crippen molar-refractivity contribution < 1.29 is 0 Å². The van der Waals surface area contributed by atoms with Gasteiger partial charge in [0.05, 0.1) is 0 Å². The average molecular weight is 326 g/mol. The summed E-state index contributed by atoms with van der Waals surface area (Å²) in [5, 5.41) is 4.92. The maximum Gasteiger partial charge on any atom is 0.0464 e. The second-order valence-electron chi connectivity index (χ2n) is 4.52. The highest BCUT2D eigenvalue weighted by atomic mass is 35.5. The number of nitrogens with one attached hydrogen (secondary N) is 1. The first kappa shape index (κ1) is 15.7. The Labute approximate surface area is 134 Å². The van der Waals surface area contributed by atoms with E-state index in [9.17, 15) is 0 Å². The first-order valence-corrected chi connectivity index (χ1v) is 8.13. The Bertz CT molecular complexity index is 586. The highest BCUT2D eigenvalue weighted by molar-refractivity contribution is 7.99. The average Bonchev–Trinajstić information content (AvgIpc) is 2.39. The zero-order chi connectivity index (χ0) is 14.5. The molecule has 0 spiro atoms. The maximum atomic E-state index is 6.38. The Balaban J connectivity index is 2.17. The van der Waals surface area contributed by atoms with Gasteiger partial charge in [0.25, 0.3) is 0 Å². The largest absolute Gasteiger partial charge is 0.310 e. The lowest BCUT2D eigenvalue weighted by Crippen LogP contribution is -2.17. The van der Waals surface area contributed by atoms with Gasteiger partial charge in [0.2, 0.25) is 0 Å². The molecule has 0 saturated heterocycles. The molecule has 1 unspecified atom stereocenters. The van der Waals surface area contributed by atoms with Crippen molar-refractivity contribution in [1.82, 2.24) is 5.32 Å². The molecule has 0 heterocycles. The van der Waals surface area contributed by atoms with Crippen LogP contribution in [0.1, 0.15) is 25.5 Å². The van der Waals surface area contributed by atoms with E-state index in [2.05, 4.69) is 31.3 Å². The highest BCUT2D eigenvalue weighted by Gasteiger charge is 2.09. The predicted molar refractivity (Wildman–Crippen MR) is 89.1 cm³/mol. The van der Waals surface area contributed by atoms with Crippen molar-refractivity contribution in [3.8, 4) is 0 Å². The minimum atomic E-state index is 0.262. The third kappa shape index (κ3) is 4.16. The minimum Gasteiger partial charge on any atom is -0.310 e. The van der Waals surface area contributed by atoms with Gasteiger partial charge in [-0.1, -0.05) is 54.0 Å². The molecule has 2 rings (SSSR count). The molecule has 0 aliphatic rings. The van der Waals surface area contributed by atoms with Gasteiger partial charge in [-0.25, -0.2) is 0 Å². The highest BCUT2D eigenvalue weighted by Crippen LogP contribution is 2.33. The van der Waals surface area contributed by atoms with Gasteiger partial charge in [-0.3, -0.25) is 0 Å². The van der Waals surface area contributed by atoms with Crippen LogP contribution in [0.4, 0.5) is 0 Å². The fourth-order valence-electron chi connectivity index (χ4n) is 2.01. The molecule has 1 nitrogen and oxygen atoms in total. The zero-order valence-electron chi connectivity index (χ0n) is 11.5. The Kier molecular flexibility index (Phi) is 5.79. The molecule has 0 fully saturated rings. The lowest BCUT2D eigenvalue weighted by atomic mass is 10.1. The summed E-state index contributed by atoms with van der Waals surface area (Å²) in [6.45, 7) is 5.14. The molecule has 0 saturated carbocycles. The second kappa shape index (κ2) is 7.37. The molecular weight excluding hydrogens is 309 g/mol. The first-order valence-electron chi connectivity index (χ1n) is 6.56. The van der Waals surface area contributed by atoms with Gasteiger partial charge >= 0.3 is 0 Å². The fourth-order valence-corrected chi connectivity index (χ4v) is 3.59. The van der Waals surface area contributed by atoms with Crippen molar-refractivity contribution in [2.75, 3.05) is 6.54 Å². The molecule has 2 aromatic carbocycles. The zero-order valence-corrected chi connectivity index (χ0v) is 13.8. The van der Waals surface area contributed by atoms with Crippen LogP contribution in [-0.2, 0) is 0 Å². The summed E-state index contributed by atoms with van der Waals surface area (Å²) in [6, 6.07) is 14.3. The summed E-state index contributed by atoms with van der Waals surface area (Å²) in [4.78, 5) is 2.23. The molecule has 1 atom stereocenters. The van der Waals surface area contributed by atoms with Gasteiger partial charge in [-0.15, -0.1) is 0 Å². The Morgan fingerprint density at radius 1 is 1.10 bits per heavy atom. The molecule has 2 aromatic rings. The quantitative estimate of drug-likeness (QED) is 0.743. The van der Waals surface area contributed by atoms with Crippen molar-refractivity contribution in [3.63, 3.8) is 0 Å². The van der Waals surface area contributed by atoms with Gasteiger partial charge in [0.1, 0.15) is 0 Å². The maximum absolute atomic E-state index is 6.38. The van der Waals surface area contributed by atoms with Gasteiger partial charge < -0.3 is 5.32 Å². The monoisotopic (exact) mass is 325 g/mol. The SMILES string of the molecule is CCNC(C)c1ccc(Sc2cccc(Cl)c2)cc1Cl. The van der Waals surface area contributed by atoms with Crippen molar-refractivity contribution in [1.29, 1.82) is 0 Å². The molecule has 1 N–H and O–H groups in total. The van der Waals surface area contributed by atoms with Crippen LogP contribution in [-0.4, -0.2) is 6.54 Å². The van der Waals surface area contributed by atoms with Gasteiger partial charge in [-0.05, 0) is 49.4 Å². The van der Waals surface area contributed by atoms with Crippen LogP contribution in [0.15, 0.2) is 52.3 Å². The molecule has 0 bridgehead atoms. The van der Waals surface area contributed by atoms with E-state index >= 15 is 0 Å². The summed E-state index contributed by atoms with van der Waals surface area (Å²) >= 11 is 14.0. The van der Waals surface area contributed by atoms with Crippen LogP contribution in [0.25, 0.3) is 0 Å². The Hall–Kier alpha value is -0.670. The number of benzene rings is 2. The Morgan fingerprint density at radius 2 is 1.85 bits per heavy atom. The summed E-state index contributed by atoms with van der Waals surface area (Å²) in [6.07, 6.45) is 0. The van der Waals surface area contributed by atoms with Crippen LogP contribution in [0, 0.1) is 0 Å². The molecule has 20 heavy (non-hydrogen) atoms. The number of halogens is 2. The lowest BCUT2D eigenvalue weighted by Gasteiger charge is -2.15. The first-order chi connectivity index (χ1) is 9.60. The molecule has 0 radical (unpaired) electrons. The second-order valence-corrected chi connectivity index (χ2v) is 6.51. The van der Waals surface area contributed by atoms with Crippen molar-refractivity contribution in [3.05, 3.63) is 58.1 Å². The van der Waals surface area contributed by atoms with Gasteiger partial charge in [-0.2, -0.15) is 0 Å². The summed E-state index contributed by atoms with van der Waals surface area (Å²) in [5.74, 6) is 0. The van der Waals surface area contributed by atoms with Crippen LogP contribution in [0.5, 0.6) is 0 Å². The predicted octanol–water partition coefficient (Wildman–Crippen LogP) is 5.82. The smallest absolute Gasteiger partial charge is 0.0464 e. The van der Waals surface area contributed by atoms with Crippen molar-refractivity contribution >= 4 is 35.0 Å². The molecule has 0 aliphatic carbocycles. The summed E-state index contributed by atoms with van der Waals surface area (Å²) in [5.41, 5.74) is 1.13. The van der Waals surface area contributed by atoms with Crippen LogP contribution < -0.4 is 5.32 Å². The van der Waals surface area contributed by atoms with Crippen LogP contribution in [0.3, 0.4) is 0 Å². The number of hydrogen-bond acceptors (Lipinski definition) is 2. The Morgan fingerprint density at radius 3 is 2.50 bits per heavy atom. The lowest BCUT2D eigenvalue weighted by molar-refractivity contribution is 0.598. The van der Waals surface area contributed by atoms with Crippen LogP contribution >= 0.6 is 35.0 Å². The normalized spacial score (nSPS) is 12.4. The molecule has 0 amide bonds. The van der Waals surface area contributed by atoms with Crippen molar-refractivity contribution in [2.24, 2.45) is 0 Å². The summed E-state index contributed by atoms with van der Waals surface area (Å²) in [7, 11) is 0. The van der Waals surface area contributed by atoms with E-state index in [4.69, 9.17) is 23.2 Å². The third-order valence-corrected chi connectivity index (χ3v) is 4.52. The van der Waals surface area contributed by atoms with E-state index in [-0.39, 0.29) is 6.04 Å². The topological polar surface area (TPSA) is 12.0 Å². The van der Waals surface area contributed by atoms with E-state index < -0.39 is 0 Å². The van der Waals surface area contributed by atoms with E-state index in [0.717, 1.165) is 31.9 Å². The number of hydrogen-bond donors (Lipinski definition) is 1. The third-order valence-electron chi connectivity index (χ3n) is 2.98. The van der Waals surface area contributed by atoms with Crippen molar-refractivity contribution in [2.45, 2.75) is 29.7 Å². The van der Waals surface area contributed by atoms with E-state index in [0.29, 0.717) is 0 Å². The molecular formula is C16H17Cl2NS. The van der Waals surface area contributed by atoms with Crippen LogP contribution in [0.2, 0.25) is 10.0 Å². The number of rotatable bonds is 5. The standard InChI is InChI=1S/C16H17Cl2NS/c1-3-19-11(2)15-8-7-14(10-16(15)18)20-13-6-4-5-12(17)9-13/h4-11,19H,3H2,1-2H3. The molecule has 0 aliphatic heterocycles. The van der Waals surface area contributed by atoms with E-state index in [1.54, 1.807) is 11.8 Å². The van der Waals surface area contributed by atoms with Gasteiger partial charge in [0, 0.05) is 25.9 Å². The molecule has 4 heteroatoms. The van der Waals surface area contributed by atoms with E-state index in [1.165, 1.54) is 0 Å².